The zero-order chi connectivity index (χ0) is 12.8. The van der Waals surface area contributed by atoms with Crippen LogP contribution in [0.3, 0.4) is 0 Å². The second-order valence-electron chi connectivity index (χ2n) is 3.44. The first-order valence-corrected chi connectivity index (χ1v) is 6.14. The van der Waals surface area contributed by atoms with Crippen LogP contribution < -0.4 is 0 Å². The lowest BCUT2D eigenvalue weighted by Crippen LogP contribution is -2.11. The number of thioether (sulfide) groups is 1. The van der Waals surface area contributed by atoms with Crippen LogP contribution in [0.1, 0.15) is 5.69 Å². The van der Waals surface area contributed by atoms with Crippen LogP contribution in [0.5, 0.6) is 0 Å². The number of hydrogen-bond donors (Lipinski definition) is 0. The van der Waals surface area contributed by atoms with E-state index in [2.05, 4.69) is 9.97 Å². The molecule has 5 nitrogen and oxygen atoms in total. The van der Waals surface area contributed by atoms with Gasteiger partial charge in [-0.15, -0.1) is 11.8 Å². The average molecular weight is 253 g/mol. The van der Waals surface area contributed by atoms with Crippen LogP contribution in [0.2, 0.25) is 0 Å². The molecule has 0 aliphatic heterocycles. The number of methoxy groups -OCH3 is 1. The Hall–Kier alpha value is -1.56. The molecular weight excluding hydrogens is 238 g/mol. The minimum Gasteiger partial charge on any atom is -0.465 e. The number of ether oxygens (including phenoxy) is 1. The summed E-state index contributed by atoms with van der Waals surface area (Å²) < 4.78 is 4.74. The summed E-state index contributed by atoms with van der Waals surface area (Å²) in [4.78, 5) is 21.6. The van der Waals surface area contributed by atoms with Gasteiger partial charge in [-0.1, -0.05) is 0 Å². The van der Waals surface area contributed by atoms with Crippen LogP contribution in [0, 0.1) is 0 Å². The lowest BCUT2D eigenvalue weighted by atomic mass is 10.2. The zero-order valence-corrected chi connectivity index (χ0v) is 11.1. The minimum atomic E-state index is -0.413. The smallest absolute Gasteiger partial charge is 0.341 e. The van der Waals surface area contributed by atoms with Gasteiger partial charge in [-0.25, -0.2) is 14.8 Å². The highest BCUT2D eigenvalue weighted by Gasteiger charge is 2.15. The Morgan fingerprint density at radius 2 is 2.18 bits per heavy atom. The molecule has 17 heavy (non-hydrogen) atoms. The van der Waals surface area contributed by atoms with E-state index in [4.69, 9.17) is 4.74 Å². The molecule has 0 amide bonds. The van der Waals surface area contributed by atoms with E-state index in [1.807, 2.05) is 20.4 Å². The van der Waals surface area contributed by atoms with E-state index in [9.17, 15) is 4.79 Å². The fourth-order valence-electron chi connectivity index (χ4n) is 1.19. The molecule has 0 aliphatic carbocycles. The number of nitrogens with zero attached hydrogens (tertiary/aromatic N) is 3. The summed E-state index contributed by atoms with van der Waals surface area (Å²) in [5, 5.41) is 0.809. The number of rotatable bonds is 4. The number of hydrogen-bond acceptors (Lipinski definition) is 6. The topological polar surface area (TPSA) is 55.3 Å². The van der Waals surface area contributed by atoms with E-state index >= 15 is 0 Å². The first-order chi connectivity index (χ1) is 8.08. The van der Waals surface area contributed by atoms with Gasteiger partial charge in [0.15, 0.2) is 0 Å². The summed E-state index contributed by atoms with van der Waals surface area (Å²) in [5.74, 6) is -0.413. The van der Waals surface area contributed by atoms with Crippen LogP contribution >= 0.6 is 11.8 Å². The monoisotopic (exact) mass is 253 g/mol. The normalized spacial score (nSPS) is 11.2. The Labute approximate surface area is 105 Å². The van der Waals surface area contributed by atoms with Gasteiger partial charge in [0.05, 0.1) is 17.8 Å². The third kappa shape index (κ3) is 3.74. The van der Waals surface area contributed by atoms with Crippen molar-refractivity contribution in [1.29, 1.82) is 0 Å². The van der Waals surface area contributed by atoms with Crippen molar-refractivity contribution in [2.75, 3.05) is 27.5 Å². The summed E-state index contributed by atoms with van der Waals surface area (Å²) in [6.45, 7) is 0. The maximum Gasteiger partial charge on any atom is 0.341 e. The van der Waals surface area contributed by atoms with Crippen LogP contribution in [0.4, 0.5) is 0 Å². The van der Waals surface area contributed by atoms with Gasteiger partial charge in [0.25, 0.3) is 0 Å². The maximum atomic E-state index is 11.7. The zero-order valence-electron chi connectivity index (χ0n) is 10.3. The molecule has 0 N–H and O–H groups in total. The number of aromatic nitrogens is 2. The predicted octanol–water partition coefficient (Wildman–Crippen LogP) is 1.27. The van der Waals surface area contributed by atoms with Crippen molar-refractivity contribution in [3.8, 4) is 0 Å². The van der Waals surface area contributed by atoms with E-state index < -0.39 is 5.97 Å². The van der Waals surface area contributed by atoms with Crippen LogP contribution in [-0.4, -0.2) is 48.3 Å². The standard InChI is InChI=1S/C11H15N3O2S/c1-14(2)6-8(11(15)16-3)9-5-10(17-4)13-7-12-9/h5-7H,1-4H3/b8-6+. The third-order valence-electron chi connectivity index (χ3n) is 1.92. The lowest BCUT2D eigenvalue weighted by Gasteiger charge is -2.10. The largest absolute Gasteiger partial charge is 0.465 e. The quantitative estimate of drug-likeness (QED) is 0.349. The fraction of sp³-hybridized carbons (Fsp3) is 0.364. The van der Waals surface area contributed by atoms with Crippen LogP contribution in [-0.2, 0) is 9.53 Å². The first-order valence-electron chi connectivity index (χ1n) is 4.91. The molecule has 1 rings (SSSR count). The molecule has 92 valence electrons. The second kappa shape index (κ2) is 6.24. The van der Waals surface area contributed by atoms with Gasteiger partial charge in [0, 0.05) is 20.3 Å². The molecular formula is C11H15N3O2S. The van der Waals surface area contributed by atoms with Crippen LogP contribution in [0.25, 0.3) is 5.57 Å². The number of carbonyl (C=O) groups excluding carboxylic acids is 1. The van der Waals surface area contributed by atoms with Gasteiger partial charge in [-0.05, 0) is 12.3 Å². The van der Waals surface area contributed by atoms with E-state index in [0.29, 0.717) is 11.3 Å². The van der Waals surface area contributed by atoms with Crippen molar-refractivity contribution >= 4 is 23.3 Å². The molecule has 0 saturated carbocycles. The highest BCUT2D eigenvalue weighted by atomic mass is 32.2. The molecule has 0 bridgehead atoms. The number of esters is 1. The average Bonchev–Trinajstić information content (AvgIpc) is 2.35. The van der Waals surface area contributed by atoms with Crippen molar-refractivity contribution in [3.63, 3.8) is 0 Å². The molecule has 0 fully saturated rings. The molecule has 0 aliphatic rings. The van der Waals surface area contributed by atoms with Crippen molar-refractivity contribution in [1.82, 2.24) is 14.9 Å². The Balaban J connectivity index is 3.17. The van der Waals surface area contributed by atoms with E-state index in [0.717, 1.165) is 5.03 Å². The molecule has 6 heteroatoms. The SMILES string of the molecule is COC(=O)/C(=C/N(C)C)c1cc(SC)ncn1. The lowest BCUT2D eigenvalue weighted by molar-refractivity contribution is -0.133. The molecule has 0 radical (unpaired) electrons. The third-order valence-corrected chi connectivity index (χ3v) is 2.56. The Morgan fingerprint density at radius 3 is 2.71 bits per heavy atom. The molecule has 0 unspecified atom stereocenters. The Bertz CT molecular complexity index is 432. The summed E-state index contributed by atoms with van der Waals surface area (Å²) in [5.41, 5.74) is 0.972. The maximum absolute atomic E-state index is 11.7. The van der Waals surface area contributed by atoms with E-state index in [-0.39, 0.29) is 0 Å². The Kier molecular flexibility index (Phi) is 4.96. The molecule has 0 spiro atoms. The van der Waals surface area contributed by atoms with Gasteiger partial charge in [0.2, 0.25) is 0 Å². The molecule has 1 aromatic heterocycles. The van der Waals surface area contributed by atoms with Crippen molar-refractivity contribution in [2.45, 2.75) is 5.03 Å². The van der Waals surface area contributed by atoms with E-state index in [1.54, 1.807) is 17.2 Å². The summed E-state index contributed by atoms with van der Waals surface area (Å²) >= 11 is 1.49. The summed E-state index contributed by atoms with van der Waals surface area (Å²) in [7, 11) is 5.02. The molecule has 0 aromatic carbocycles. The highest BCUT2D eigenvalue weighted by molar-refractivity contribution is 7.98. The van der Waals surface area contributed by atoms with Crippen LogP contribution in [0.15, 0.2) is 23.6 Å². The van der Waals surface area contributed by atoms with E-state index in [1.165, 1.54) is 25.2 Å². The fourth-order valence-corrected chi connectivity index (χ4v) is 1.57. The molecule has 0 atom stereocenters. The molecule has 1 heterocycles. The van der Waals surface area contributed by atoms with Gasteiger partial charge in [-0.3, -0.25) is 0 Å². The van der Waals surface area contributed by atoms with Gasteiger partial charge < -0.3 is 9.64 Å². The highest BCUT2D eigenvalue weighted by Crippen LogP contribution is 2.18. The number of carbonyl (C=O) groups is 1. The van der Waals surface area contributed by atoms with Crippen molar-refractivity contribution in [3.05, 3.63) is 24.3 Å². The molecule has 0 saturated heterocycles. The second-order valence-corrected chi connectivity index (χ2v) is 4.27. The predicted molar refractivity (Wildman–Crippen MR) is 67.5 cm³/mol. The minimum absolute atomic E-state index is 0.412. The van der Waals surface area contributed by atoms with Gasteiger partial charge >= 0.3 is 5.97 Å². The van der Waals surface area contributed by atoms with Gasteiger partial charge in [-0.2, -0.15) is 0 Å². The van der Waals surface area contributed by atoms with Crippen molar-refractivity contribution in [2.24, 2.45) is 0 Å². The van der Waals surface area contributed by atoms with Crippen molar-refractivity contribution < 1.29 is 9.53 Å². The first kappa shape index (κ1) is 13.5. The Morgan fingerprint density at radius 1 is 1.47 bits per heavy atom. The molecule has 1 aromatic rings. The summed E-state index contributed by atoms with van der Waals surface area (Å²) in [6.07, 6.45) is 5.03. The van der Waals surface area contributed by atoms with Gasteiger partial charge in [0.1, 0.15) is 11.9 Å². The summed E-state index contributed by atoms with van der Waals surface area (Å²) in [6, 6.07) is 1.76.